The predicted molar refractivity (Wildman–Crippen MR) is 72.7 cm³/mol. The first-order chi connectivity index (χ1) is 8.56. The minimum Gasteiger partial charge on any atom is -0.377 e. The zero-order valence-corrected chi connectivity index (χ0v) is 11.2. The first kappa shape index (κ1) is 13.1. The molecule has 1 heterocycles. The molecule has 0 unspecified atom stereocenters. The Labute approximate surface area is 115 Å². The van der Waals surface area contributed by atoms with Crippen LogP contribution in [0.4, 0.5) is 10.1 Å². The van der Waals surface area contributed by atoms with Crippen LogP contribution in [0.15, 0.2) is 30.3 Å². The Kier molecular flexibility index (Phi) is 4.04. The summed E-state index contributed by atoms with van der Waals surface area (Å²) < 4.78 is 13.0. The van der Waals surface area contributed by atoms with Crippen LogP contribution >= 0.6 is 23.2 Å². The topological polar surface area (TPSA) is 24.9 Å². The highest BCUT2D eigenvalue weighted by Crippen LogP contribution is 2.31. The van der Waals surface area contributed by atoms with Crippen molar-refractivity contribution in [1.82, 2.24) is 4.98 Å². The highest BCUT2D eigenvalue weighted by molar-refractivity contribution is 6.39. The van der Waals surface area contributed by atoms with Gasteiger partial charge in [-0.05, 0) is 31.2 Å². The van der Waals surface area contributed by atoms with Crippen LogP contribution in [0.1, 0.15) is 11.4 Å². The van der Waals surface area contributed by atoms with Gasteiger partial charge in [0.15, 0.2) is 0 Å². The quantitative estimate of drug-likeness (QED) is 0.901. The van der Waals surface area contributed by atoms with Crippen molar-refractivity contribution < 1.29 is 4.39 Å². The molecule has 0 radical (unpaired) electrons. The molecule has 0 aliphatic rings. The number of pyridine rings is 1. The van der Waals surface area contributed by atoms with Gasteiger partial charge < -0.3 is 5.32 Å². The largest absolute Gasteiger partial charge is 0.377 e. The van der Waals surface area contributed by atoms with Crippen LogP contribution in [-0.4, -0.2) is 4.98 Å². The van der Waals surface area contributed by atoms with Crippen LogP contribution in [0.2, 0.25) is 10.0 Å². The molecule has 2 aromatic rings. The molecular weight excluding hydrogens is 274 g/mol. The smallest absolute Gasteiger partial charge is 0.126 e. The second-order valence-electron chi connectivity index (χ2n) is 3.87. The van der Waals surface area contributed by atoms with E-state index in [1.54, 1.807) is 0 Å². The molecule has 0 atom stereocenters. The molecule has 2 nitrogen and oxygen atoms in total. The lowest BCUT2D eigenvalue weighted by Gasteiger charge is -2.10. The molecule has 0 amide bonds. The number of nitrogens with one attached hydrogen (secondary N) is 1. The molecule has 0 aliphatic heterocycles. The lowest BCUT2D eigenvalue weighted by Crippen LogP contribution is -2.03. The van der Waals surface area contributed by atoms with E-state index < -0.39 is 5.82 Å². The highest BCUT2D eigenvalue weighted by atomic mass is 35.5. The number of hydrogen-bond donors (Lipinski definition) is 1. The second-order valence-corrected chi connectivity index (χ2v) is 4.68. The van der Waals surface area contributed by atoms with Crippen LogP contribution in [0, 0.1) is 12.7 Å². The van der Waals surface area contributed by atoms with Gasteiger partial charge in [0.2, 0.25) is 0 Å². The summed E-state index contributed by atoms with van der Waals surface area (Å²) in [7, 11) is 0. The average Bonchev–Trinajstić information content (AvgIpc) is 2.27. The molecule has 0 aliphatic carbocycles. The first-order valence-corrected chi connectivity index (χ1v) is 6.13. The zero-order valence-electron chi connectivity index (χ0n) is 9.67. The van der Waals surface area contributed by atoms with Gasteiger partial charge in [-0.3, -0.25) is 4.98 Å². The summed E-state index contributed by atoms with van der Waals surface area (Å²) in [4.78, 5) is 4.34. The Balaban J connectivity index is 2.16. The van der Waals surface area contributed by atoms with Crippen LogP contribution in [0.5, 0.6) is 0 Å². The van der Waals surface area contributed by atoms with Crippen molar-refractivity contribution in [3.63, 3.8) is 0 Å². The van der Waals surface area contributed by atoms with Crippen LogP contribution in [0.25, 0.3) is 0 Å². The van der Waals surface area contributed by atoms with Crippen molar-refractivity contribution in [3.8, 4) is 0 Å². The van der Waals surface area contributed by atoms with E-state index in [1.807, 2.05) is 25.1 Å². The van der Waals surface area contributed by atoms with Crippen LogP contribution in [0.3, 0.4) is 0 Å². The summed E-state index contributed by atoms with van der Waals surface area (Å²) in [5.41, 5.74) is 2.32. The lowest BCUT2D eigenvalue weighted by molar-refractivity contribution is 0.628. The molecule has 18 heavy (non-hydrogen) atoms. The Hall–Kier alpha value is -1.32. The summed E-state index contributed by atoms with van der Waals surface area (Å²) in [5, 5.41) is 3.57. The minimum absolute atomic E-state index is 0.257. The molecule has 0 fully saturated rings. The Bertz CT molecular complexity index is 550. The molecule has 1 N–H and O–H groups in total. The van der Waals surface area contributed by atoms with E-state index >= 15 is 0 Å². The Morgan fingerprint density at radius 3 is 2.50 bits per heavy atom. The fourth-order valence-corrected chi connectivity index (χ4v) is 2.18. The molecule has 2 rings (SSSR count). The SMILES string of the molecule is Cc1cccc(CNc2c(Cl)cc(F)cc2Cl)n1. The molecule has 5 heteroatoms. The van der Waals surface area contributed by atoms with Gasteiger partial charge in [0.05, 0.1) is 28.0 Å². The van der Waals surface area contributed by atoms with Gasteiger partial charge in [0.25, 0.3) is 0 Å². The zero-order chi connectivity index (χ0) is 13.1. The maximum Gasteiger partial charge on any atom is 0.126 e. The number of rotatable bonds is 3. The van der Waals surface area contributed by atoms with E-state index in [9.17, 15) is 4.39 Å². The molecule has 0 saturated carbocycles. The summed E-state index contributed by atoms with van der Waals surface area (Å²) in [6, 6.07) is 8.18. The molecule has 0 spiro atoms. The predicted octanol–water partition coefficient (Wildman–Crippen LogP) is 4.45. The average molecular weight is 285 g/mol. The van der Waals surface area contributed by atoms with Crippen molar-refractivity contribution in [2.75, 3.05) is 5.32 Å². The number of benzene rings is 1. The number of halogens is 3. The number of aromatic nitrogens is 1. The first-order valence-electron chi connectivity index (χ1n) is 5.37. The van der Waals surface area contributed by atoms with Crippen molar-refractivity contribution >= 4 is 28.9 Å². The molecule has 0 bridgehead atoms. The second kappa shape index (κ2) is 5.55. The number of aryl methyl sites for hydroxylation is 1. The summed E-state index contributed by atoms with van der Waals surface area (Å²) >= 11 is 11.8. The maximum absolute atomic E-state index is 13.0. The van der Waals surface area contributed by atoms with Gasteiger partial charge in [0.1, 0.15) is 5.82 Å². The third-order valence-electron chi connectivity index (χ3n) is 2.40. The molecule has 1 aromatic heterocycles. The van der Waals surface area contributed by atoms with Crippen molar-refractivity contribution in [3.05, 3.63) is 57.6 Å². The third kappa shape index (κ3) is 3.12. The van der Waals surface area contributed by atoms with E-state index in [4.69, 9.17) is 23.2 Å². The molecule has 1 aromatic carbocycles. The fraction of sp³-hybridized carbons (Fsp3) is 0.154. The van der Waals surface area contributed by atoms with E-state index in [-0.39, 0.29) is 10.0 Å². The summed E-state index contributed by atoms with van der Waals surface area (Å²) in [6.45, 7) is 2.40. The van der Waals surface area contributed by atoms with Crippen molar-refractivity contribution in [2.24, 2.45) is 0 Å². The van der Waals surface area contributed by atoms with E-state index in [1.165, 1.54) is 12.1 Å². The van der Waals surface area contributed by atoms with Gasteiger partial charge >= 0.3 is 0 Å². The standard InChI is InChI=1S/C13H11Cl2FN2/c1-8-3-2-4-10(18-8)7-17-13-11(14)5-9(16)6-12(13)15/h2-6,17H,7H2,1H3. The van der Waals surface area contributed by atoms with Crippen LogP contribution in [-0.2, 0) is 6.54 Å². The normalized spacial score (nSPS) is 10.4. The number of nitrogens with zero attached hydrogens (tertiary/aromatic N) is 1. The van der Waals surface area contributed by atoms with Gasteiger partial charge in [-0.2, -0.15) is 0 Å². The lowest BCUT2D eigenvalue weighted by atomic mass is 10.2. The van der Waals surface area contributed by atoms with Crippen molar-refractivity contribution in [2.45, 2.75) is 13.5 Å². The Morgan fingerprint density at radius 1 is 1.22 bits per heavy atom. The summed E-state index contributed by atoms with van der Waals surface area (Å²) in [5.74, 6) is -0.454. The van der Waals surface area contributed by atoms with E-state index in [0.29, 0.717) is 12.2 Å². The van der Waals surface area contributed by atoms with E-state index in [2.05, 4.69) is 10.3 Å². The Morgan fingerprint density at radius 2 is 1.89 bits per heavy atom. The minimum atomic E-state index is -0.454. The molecule has 94 valence electrons. The third-order valence-corrected chi connectivity index (χ3v) is 3.00. The summed E-state index contributed by atoms with van der Waals surface area (Å²) in [6.07, 6.45) is 0. The van der Waals surface area contributed by atoms with E-state index in [0.717, 1.165) is 11.4 Å². The fourth-order valence-electron chi connectivity index (χ4n) is 1.59. The van der Waals surface area contributed by atoms with Gasteiger partial charge in [-0.25, -0.2) is 4.39 Å². The maximum atomic E-state index is 13.0. The van der Waals surface area contributed by atoms with Crippen LogP contribution < -0.4 is 5.32 Å². The van der Waals surface area contributed by atoms with Crippen molar-refractivity contribution in [1.29, 1.82) is 0 Å². The van der Waals surface area contributed by atoms with Gasteiger partial charge in [-0.15, -0.1) is 0 Å². The number of anilines is 1. The molecule has 0 saturated heterocycles. The monoisotopic (exact) mass is 284 g/mol. The van der Waals surface area contributed by atoms with Gasteiger partial charge in [-0.1, -0.05) is 29.3 Å². The van der Waals surface area contributed by atoms with Gasteiger partial charge in [0, 0.05) is 5.69 Å². The number of hydrogen-bond acceptors (Lipinski definition) is 2. The molecular formula is C13H11Cl2FN2. The highest BCUT2D eigenvalue weighted by Gasteiger charge is 2.08.